The number of aliphatic carboxylic acids is 1. The standard InChI is InChI=1S/C9H9Br2NO4S/c1-3(13)6(9(15)16)12-8(14)5-2-4(10)7(11)17-5/h2-3,6,13H,1H3,(H,12,14)(H,15,16). The van der Waals surface area contributed by atoms with Gasteiger partial charge in [-0.25, -0.2) is 4.79 Å². The first-order chi connectivity index (χ1) is 7.82. The molecule has 0 fully saturated rings. The van der Waals surface area contributed by atoms with Gasteiger partial charge in [-0.15, -0.1) is 11.3 Å². The Balaban J connectivity index is 2.81. The van der Waals surface area contributed by atoms with Gasteiger partial charge in [0.15, 0.2) is 6.04 Å². The zero-order chi connectivity index (χ0) is 13.2. The van der Waals surface area contributed by atoms with Crippen LogP contribution in [0.3, 0.4) is 0 Å². The quantitative estimate of drug-likeness (QED) is 0.736. The molecule has 1 aromatic rings. The van der Waals surface area contributed by atoms with Crippen LogP contribution in [0.4, 0.5) is 0 Å². The van der Waals surface area contributed by atoms with E-state index in [2.05, 4.69) is 37.2 Å². The van der Waals surface area contributed by atoms with Crippen molar-refractivity contribution in [2.24, 2.45) is 0 Å². The van der Waals surface area contributed by atoms with Crippen molar-refractivity contribution in [2.45, 2.75) is 19.1 Å². The first kappa shape index (κ1) is 14.6. The summed E-state index contributed by atoms with van der Waals surface area (Å²) in [5, 5.41) is 20.3. The maximum Gasteiger partial charge on any atom is 0.328 e. The molecule has 0 bridgehead atoms. The van der Waals surface area contributed by atoms with E-state index < -0.39 is 24.0 Å². The van der Waals surface area contributed by atoms with E-state index in [0.29, 0.717) is 4.88 Å². The molecule has 0 aliphatic heterocycles. The molecule has 1 heterocycles. The predicted octanol–water partition coefficient (Wildman–Crippen LogP) is 1.84. The second-order valence-corrected chi connectivity index (χ2v) is 6.49. The number of amides is 1. The van der Waals surface area contributed by atoms with Crippen LogP contribution in [0.5, 0.6) is 0 Å². The number of carbonyl (C=O) groups is 2. The molecule has 1 rings (SSSR count). The van der Waals surface area contributed by atoms with Gasteiger partial charge in [-0.2, -0.15) is 0 Å². The normalized spacial score (nSPS) is 14.1. The number of aliphatic hydroxyl groups excluding tert-OH is 1. The van der Waals surface area contributed by atoms with Crippen molar-refractivity contribution in [1.29, 1.82) is 0 Å². The van der Waals surface area contributed by atoms with Crippen molar-refractivity contribution in [3.63, 3.8) is 0 Å². The van der Waals surface area contributed by atoms with Gasteiger partial charge in [-0.1, -0.05) is 0 Å². The second kappa shape index (κ2) is 5.94. The minimum Gasteiger partial charge on any atom is -0.480 e. The van der Waals surface area contributed by atoms with Gasteiger partial charge in [-0.05, 0) is 44.8 Å². The van der Waals surface area contributed by atoms with Crippen LogP contribution in [0.1, 0.15) is 16.6 Å². The molecule has 0 radical (unpaired) electrons. The van der Waals surface area contributed by atoms with E-state index in [0.717, 1.165) is 8.26 Å². The van der Waals surface area contributed by atoms with Crippen LogP contribution in [-0.4, -0.2) is 34.2 Å². The zero-order valence-corrected chi connectivity index (χ0v) is 12.6. The van der Waals surface area contributed by atoms with Crippen LogP contribution >= 0.6 is 43.2 Å². The molecule has 5 nitrogen and oxygen atoms in total. The highest BCUT2D eigenvalue weighted by atomic mass is 79.9. The lowest BCUT2D eigenvalue weighted by molar-refractivity contribution is -0.141. The summed E-state index contributed by atoms with van der Waals surface area (Å²) >= 11 is 7.63. The number of hydrogen-bond acceptors (Lipinski definition) is 4. The van der Waals surface area contributed by atoms with Gasteiger partial charge in [0.2, 0.25) is 0 Å². The van der Waals surface area contributed by atoms with E-state index in [1.54, 1.807) is 6.07 Å². The highest BCUT2D eigenvalue weighted by Crippen LogP contribution is 2.32. The van der Waals surface area contributed by atoms with Crippen molar-refractivity contribution < 1.29 is 19.8 Å². The summed E-state index contributed by atoms with van der Waals surface area (Å²) in [5.74, 6) is -1.81. The Hall–Kier alpha value is -0.440. The summed E-state index contributed by atoms with van der Waals surface area (Å²) in [4.78, 5) is 22.9. The summed E-state index contributed by atoms with van der Waals surface area (Å²) in [5.41, 5.74) is 0. The van der Waals surface area contributed by atoms with E-state index in [9.17, 15) is 14.7 Å². The lowest BCUT2D eigenvalue weighted by atomic mass is 10.2. The van der Waals surface area contributed by atoms with E-state index in [4.69, 9.17) is 5.11 Å². The monoisotopic (exact) mass is 385 g/mol. The smallest absolute Gasteiger partial charge is 0.328 e. The van der Waals surface area contributed by atoms with Crippen molar-refractivity contribution in [1.82, 2.24) is 5.32 Å². The van der Waals surface area contributed by atoms with Crippen molar-refractivity contribution in [3.05, 3.63) is 19.2 Å². The molecule has 17 heavy (non-hydrogen) atoms. The molecular formula is C9H9Br2NO4S. The molecule has 0 spiro atoms. The number of thiophene rings is 1. The van der Waals surface area contributed by atoms with Crippen LogP contribution < -0.4 is 5.32 Å². The van der Waals surface area contributed by atoms with Crippen molar-refractivity contribution in [3.8, 4) is 0 Å². The zero-order valence-electron chi connectivity index (χ0n) is 8.61. The highest BCUT2D eigenvalue weighted by Gasteiger charge is 2.26. The molecule has 2 atom stereocenters. The van der Waals surface area contributed by atoms with Crippen LogP contribution in [-0.2, 0) is 4.79 Å². The summed E-state index contributed by atoms with van der Waals surface area (Å²) in [7, 11) is 0. The molecule has 3 N–H and O–H groups in total. The Labute approximate surface area is 118 Å². The third-order valence-electron chi connectivity index (χ3n) is 1.90. The number of carbonyl (C=O) groups excluding carboxylic acids is 1. The number of rotatable bonds is 4. The Morgan fingerprint density at radius 1 is 1.47 bits per heavy atom. The molecule has 1 amide bonds. The molecule has 0 saturated heterocycles. The van der Waals surface area contributed by atoms with Gasteiger partial charge < -0.3 is 15.5 Å². The molecule has 94 valence electrons. The molecule has 2 unspecified atom stereocenters. The van der Waals surface area contributed by atoms with Crippen LogP contribution in [0, 0.1) is 0 Å². The predicted molar refractivity (Wildman–Crippen MR) is 70.3 cm³/mol. The Morgan fingerprint density at radius 2 is 2.06 bits per heavy atom. The summed E-state index contributed by atoms with van der Waals surface area (Å²) in [6, 6.07) is 0.257. The number of hydrogen-bond donors (Lipinski definition) is 3. The summed E-state index contributed by atoms with van der Waals surface area (Å²) in [6.07, 6.45) is -1.16. The summed E-state index contributed by atoms with van der Waals surface area (Å²) in [6.45, 7) is 1.30. The first-order valence-electron chi connectivity index (χ1n) is 4.49. The number of aliphatic hydroxyl groups is 1. The van der Waals surface area contributed by atoms with Crippen LogP contribution in [0.25, 0.3) is 0 Å². The maximum absolute atomic E-state index is 11.7. The summed E-state index contributed by atoms with van der Waals surface area (Å²) < 4.78 is 1.46. The van der Waals surface area contributed by atoms with Crippen molar-refractivity contribution >= 4 is 55.1 Å². The highest BCUT2D eigenvalue weighted by molar-refractivity contribution is 9.13. The molecule has 0 saturated carbocycles. The second-order valence-electron chi connectivity index (χ2n) is 3.26. The van der Waals surface area contributed by atoms with Crippen molar-refractivity contribution in [2.75, 3.05) is 0 Å². The lowest BCUT2D eigenvalue weighted by Crippen LogP contribution is -2.47. The number of carboxylic acids is 1. The van der Waals surface area contributed by atoms with E-state index >= 15 is 0 Å². The fraction of sp³-hybridized carbons (Fsp3) is 0.333. The van der Waals surface area contributed by atoms with Gasteiger partial charge >= 0.3 is 5.97 Å². The fourth-order valence-electron chi connectivity index (χ4n) is 1.06. The largest absolute Gasteiger partial charge is 0.480 e. The Bertz CT molecular complexity index is 427. The Morgan fingerprint density at radius 3 is 2.41 bits per heavy atom. The third-order valence-corrected chi connectivity index (χ3v) is 5.16. The van der Waals surface area contributed by atoms with E-state index in [1.807, 2.05) is 0 Å². The topological polar surface area (TPSA) is 86.6 Å². The van der Waals surface area contributed by atoms with E-state index in [1.165, 1.54) is 18.3 Å². The maximum atomic E-state index is 11.7. The molecule has 1 aromatic heterocycles. The SMILES string of the molecule is CC(O)C(NC(=O)c1cc(Br)c(Br)s1)C(=O)O. The average molecular weight is 387 g/mol. The molecule has 0 aromatic carbocycles. The molecule has 0 aliphatic carbocycles. The molecule has 8 heteroatoms. The third kappa shape index (κ3) is 3.77. The first-order valence-corrected chi connectivity index (χ1v) is 6.89. The van der Waals surface area contributed by atoms with E-state index in [-0.39, 0.29) is 0 Å². The van der Waals surface area contributed by atoms with Crippen LogP contribution in [0.2, 0.25) is 0 Å². The Kier molecular flexibility index (Phi) is 5.11. The van der Waals surface area contributed by atoms with Gasteiger partial charge in [-0.3, -0.25) is 4.79 Å². The lowest BCUT2D eigenvalue weighted by Gasteiger charge is -2.16. The molecule has 0 aliphatic rings. The van der Waals surface area contributed by atoms with Gasteiger partial charge in [0.1, 0.15) is 0 Å². The van der Waals surface area contributed by atoms with Gasteiger partial charge in [0.25, 0.3) is 5.91 Å². The van der Waals surface area contributed by atoms with Gasteiger partial charge in [0.05, 0.1) is 14.8 Å². The number of halogens is 2. The average Bonchev–Trinajstić information content (AvgIpc) is 2.54. The molecular weight excluding hydrogens is 378 g/mol. The minimum absolute atomic E-state index is 0.357. The number of nitrogens with one attached hydrogen (secondary N) is 1. The number of carboxylic acid groups (broad SMARTS) is 1. The van der Waals surface area contributed by atoms with Crippen LogP contribution in [0.15, 0.2) is 14.3 Å². The van der Waals surface area contributed by atoms with Gasteiger partial charge in [0, 0.05) is 4.47 Å². The minimum atomic E-state index is -1.32. The fourth-order valence-corrected chi connectivity index (χ4v) is 3.00.